The molecule has 2 aromatic heterocycles. The van der Waals surface area contributed by atoms with Gasteiger partial charge in [-0.2, -0.15) is 0 Å². The van der Waals surface area contributed by atoms with Crippen LogP contribution in [0.15, 0.2) is 60.7 Å². The van der Waals surface area contributed by atoms with Crippen molar-refractivity contribution < 1.29 is 21.6 Å². The van der Waals surface area contributed by atoms with E-state index < -0.39 is 0 Å². The first-order valence-corrected chi connectivity index (χ1v) is 7.51. The summed E-state index contributed by atoms with van der Waals surface area (Å²) in [5.41, 5.74) is 2.61. The number of hydrogen-bond acceptors (Lipinski definition) is 2. The summed E-state index contributed by atoms with van der Waals surface area (Å²) < 4.78 is 2.60. The van der Waals surface area contributed by atoms with Crippen molar-refractivity contribution in [3.8, 4) is 34.3 Å². The number of fused-ring (bicyclic) bond motifs is 1. The van der Waals surface area contributed by atoms with Crippen LogP contribution < -0.4 is 18.7 Å². The van der Waals surface area contributed by atoms with Crippen LogP contribution in [0.4, 0.5) is 0 Å². The molecule has 118 valence electrons. The summed E-state index contributed by atoms with van der Waals surface area (Å²) >= 11 is 0. The van der Waals surface area contributed by atoms with Crippen molar-refractivity contribution in [3.05, 3.63) is 74.1 Å². The summed E-state index contributed by atoms with van der Waals surface area (Å²) in [6.07, 6.45) is 0. The number of nitrogens with zero attached hydrogens (tertiary/aromatic N) is 2. The van der Waals surface area contributed by atoms with Gasteiger partial charge in [0.05, 0.1) is 25.2 Å². The van der Waals surface area contributed by atoms with E-state index >= 15 is 0 Å². The molecule has 0 spiro atoms. The predicted octanol–water partition coefficient (Wildman–Crippen LogP) is 1.84. The van der Waals surface area contributed by atoms with E-state index in [1.165, 1.54) is 8.49 Å². The Morgan fingerprint density at radius 1 is 0.667 bits per heavy atom. The van der Waals surface area contributed by atoms with Gasteiger partial charge in [0.1, 0.15) is 11.4 Å². The number of rotatable bonds is 2. The zero-order chi connectivity index (χ0) is 16.8. The number of benzene rings is 2. The Morgan fingerprint density at radius 2 is 1.00 bits per heavy atom. The summed E-state index contributed by atoms with van der Waals surface area (Å²) in [5, 5.41) is 26.3. The van der Waals surface area contributed by atoms with E-state index in [0.717, 1.165) is 11.1 Å². The summed E-state index contributed by atoms with van der Waals surface area (Å²) in [7, 11) is 0. The van der Waals surface area contributed by atoms with E-state index in [0.29, 0.717) is 22.2 Å². The Bertz CT molecular complexity index is 1060. The van der Waals surface area contributed by atoms with Crippen LogP contribution in [0.5, 0.6) is 11.8 Å². The van der Waals surface area contributed by atoms with Gasteiger partial charge in [0.25, 0.3) is 0 Å². The van der Waals surface area contributed by atoms with Gasteiger partial charge in [0, 0.05) is 10.8 Å². The van der Waals surface area contributed by atoms with Crippen LogP contribution in [-0.2, 0) is 0 Å². The van der Waals surface area contributed by atoms with Crippen molar-refractivity contribution in [3.63, 3.8) is 0 Å². The molecule has 4 aromatic rings. The van der Waals surface area contributed by atoms with Gasteiger partial charge in [0.2, 0.25) is 0 Å². The first-order valence-electron chi connectivity index (χ1n) is 7.51. The van der Waals surface area contributed by atoms with Gasteiger partial charge < -0.3 is 10.2 Å². The zero-order valence-electron chi connectivity index (χ0n) is 14.9. The molecule has 4 heteroatoms. The highest BCUT2D eigenvalue weighted by Gasteiger charge is 2.21. The molecule has 0 radical (unpaired) electrons. The van der Waals surface area contributed by atoms with E-state index in [-0.39, 0.29) is 14.6 Å². The molecule has 4 rings (SSSR count). The molecule has 0 aliphatic heterocycles. The predicted molar refractivity (Wildman–Crippen MR) is 89.0 cm³/mol. The highest BCUT2D eigenvalue weighted by atomic mass is 16.3. The Morgan fingerprint density at radius 3 is 1.33 bits per heavy atom. The average molecular weight is 316 g/mol. The lowest BCUT2D eigenvalue weighted by Gasteiger charge is -2.06. The fraction of sp³-hybridized carbons (Fsp3) is 0. The fourth-order valence-electron chi connectivity index (χ4n) is 3.19. The molecule has 2 heterocycles. The van der Waals surface area contributed by atoms with Crippen LogP contribution in [0.1, 0.15) is 2.85 Å². The van der Waals surface area contributed by atoms with Crippen LogP contribution in [-0.4, -0.2) is 0 Å². The Labute approximate surface area is 141 Å². The molecule has 0 fully saturated rings. The quantitative estimate of drug-likeness (QED) is 0.418. The van der Waals surface area contributed by atoms with Crippen LogP contribution in [0, 0.1) is 13.4 Å². The highest BCUT2D eigenvalue weighted by molar-refractivity contribution is 6.06. The molecule has 0 saturated heterocycles. The molecule has 0 unspecified atom stereocenters. The van der Waals surface area contributed by atoms with E-state index in [9.17, 15) is 10.2 Å². The molecule has 0 aliphatic rings. The van der Waals surface area contributed by atoms with E-state index in [4.69, 9.17) is 0 Å². The van der Waals surface area contributed by atoms with Crippen molar-refractivity contribution in [2.24, 2.45) is 0 Å². The Kier molecular flexibility index (Phi) is 3.00. The minimum absolute atomic E-state index is 0. The van der Waals surface area contributed by atoms with Gasteiger partial charge in [-0.3, -0.25) is 8.49 Å². The largest absolute Gasteiger partial charge is 1.00 e. The van der Waals surface area contributed by atoms with E-state index in [1.54, 1.807) is 0 Å². The highest BCUT2D eigenvalue weighted by Crippen LogP contribution is 2.39. The maximum atomic E-state index is 12.8. The van der Waals surface area contributed by atoms with Gasteiger partial charge in [-0.15, -0.1) is 0 Å². The molecule has 0 saturated carbocycles. The van der Waals surface area contributed by atoms with Crippen molar-refractivity contribution in [2.75, 3.05) is 0 Å². The van der Waals surface area contributed by atoms with Gasteiger partial charge in [0.15, 0.2) is 0 Å². The summed E-state index contributed by atoms with van der Waals surface area (Å²) in [4.78, 5) is 0. The second-order valence-electron chi connectivity index (χ2n) is 5.65. The fourth-order valence-corrected chi connectivity index (χ4v) is 3.19. The molecular formula is C20H16N2O2. The zero-order valence-corrected chi connectivity index (χ0v) is 12.9. The second kappa shape index (κ2) is 5.06. The normalized spacial score (nSPS) is 11.2. The minimum atomic E-state index is -0.290. The van der Waals surface area contributed by atoms with Crippen molar-refractivity contribution in [2.45, 2.75) is 0 Å². The first kappa shape index (κ1) is 14.2. The van der Waals surface area contributed by atoms with Crippen LogP contribution in [0.3, 0.4) is 0 Å². The molecule has 0 amide bonds. The Balaban J connectivity index is 0.00000121. The van der Waals surface area contributed by atoms with Gasteiger partial charge in [-0.1, -0.05) is 60.7 Å². The summed E-state index contributed by atoms with van der Waals surface area (Å²) in [6, 6.07) is 18.7. The molecule has 0 bridgehead atoms. The maximum Gasteiger partial charge on any atom is 1.00 e. The molecular weight excluding hydrogens is 300 g/mol. The number of aromatic nitrogens is 2. The van der Waals surface area contributed by atoms with Gasteiger partial charge in [-0.25, -0.2) is 0 Å². The SMILES string of the molecule is C=[n+]1c([O-])c2c(c([O-])[n+](=C)[c-]2-c2ccccc2)[c-]1-c1ccccc1.[H+].[H+]. The lowest BCUT2D eigenvalue weighted by Crippen LogP contribution is -2.23. The standard InChI is InChI=1S/C20H16N2O2/c1-21-17(13-9-5-3-6-10-13)15-16(19(21)23)18(22(2)20(15)24)14-11-7-4-8-12-14/h3-12,23-24H,1-2H2. The van der Waals surface area contributed by atoms with E-state index in [1.807, 2.05) is 60.7 Å². The molecule has 24 heavy (non-hydrogen) atoms. The van der Waals surface area contributed by atoms with Crippen LogP contribution >= 0.6 is 0 Å². The lowest BCUT2D eigenvalue weighted by atomic mass is 10.1. The van der Waals surface area contributed by atoms with Crippen molar-refractivity contribution in [1.82, 2.24) is 0 Å². The third-order valence-electron chi connectivity index (χ3n) is 4.28. The summed E-state index contributed by atoms with van der Waals surface area (Å²) in [5.74, 6) is -0.579. The van der Waals surface area contributed by atoms with Crippen molar-refractivity contribution >= 4 is 10.8 Å². The first-order chi connectivity index (χ1) is 11.6. The second-order valence-corrected chi connectivity index (χ2v) is 5.65. The molecule has 4 nitrogen and oxygen atoms in total. The topological polar surface area (TPSA) is 57.9 Å². The molecule has 0 atom stereocenters. The molecule has 2 aromatic carbocycles. The van der Waals surface area contributed by atoms with Crippen LogP contribution in [0.25, 0.3) is 33.3 Å². The molecule has 0 N–H and O–H groups in total. The average Bonchev–Trinajstić information content (AvgIpc) is 3.02. The van der Waals surface area contributed by atoms with Crippen molar-refractivity contribution in [1.29, 1.82) is 0 Å². The monoisotopic (exact) mass is 316 g/mol. The third kappa shape index (κ3) is 1.80. The maximum absolute atomic E-state index is 12.8. The number of hydrogen-bond donors (Lipinski definition) is 0. The Hall–Kier alpha value is -3.40. The summed E-state index contributed by atoms with van der Waals surface area (Å²) in [6.45, 7) is 7.69. The third-order valence-corrected chi connectivity index (χ3v) is 4.28. The van der Waals surface area contributed by atoms with Gasteiger partial charge in [-0.05, 0) is 11.1 Å². The van der Waals surface area contributed by atoms with Gasteiger partial charge >= 0.3 is 2.85 Å². The van der Waals surface area contributed by atoms with E-state index in [2.05, 4.69) is 13.4 Å². The lowest BCUT2D eigenvalue weighted by molar-refractivity contribution is -0.568. The minimum Gasteiger partial charge on any atom is -0.852 e. The van der Waals surface area contributed by atoms with Crippen LogP contribution in [0.2, 0.25) is 0 Å². The molecule has 0 aliphatic carbocycles. The smallest absolute Gasteiger partial charge is 0.852 e.